The van der Waals surface area contributed by atoms with E-state index in [1.54, 1.807) is 13.2 Å². The number of fused-ring (bicyclic) bond motifs is 1. The number of aromatic nitrogens is 1. The summed E-state index contributed by atoms with van der Waals surface area (Å²) in [5.41, 5.74) is 1.92. The largest absolute Gasteiger partial charge is 0.480 e. The first-order valence-corrected chi connectivity index (χ1v) is 5.44. The van der Waals surface area contributed by atoms with Gasteiger partial charge in [-0.1, -0.05) is 12.1 Å². The van der Waals surface area contributed by atoms with Gasteiger partial charge in [-0.15, -0.1) is 0 Å². The highest BCUT2D eigenvalue weighted by Gasteiger charge is 2.15. The quantitative estimate of drug-likeness (QED) is 0.834. The lowest BCUT2D eigenvalue weighted by molar-refractivity contribution is -0.139. The van der Waals surface area contributed by atoms with E-state index in [0.29, 0.717) is 6.42 Å². The van der Waals surface area contributed by atoms with Crippen LogP contribution in [0.5, 0.6) is 0 Å². The van der Waals surface area contributed by atoms with Gasteiger partial charge in [-0.2, -0.15) is 0 Å². The standard InChI is InChI=1S/C13H14N2O2/c1-14-12(13(16)17)8-9-4-5-11-10(7-9)3-2-6-15-11/h2-7,12,14H,8H2,1H3,(H,16,17)/t12-/m0/s1. The number of carboxylic acids is 1. The zero-order valence-corrected chi connectivity index (χ0v) is 9.55. The molecule has 0 aliphatic carbocycles. The number of nitrogens with zero attached hydrogens (tertiary/aromatic N) is 1. The van der Waals surface area contributed by atoms with Crippen LogP contribution < -0.4 is 5.32 Å². The monoisotopic (exact) mass is 230 g/mol. The molecule has 1 heterocycles. The summed E-state index contributed by atoms with van der Waals surface area (Å²) in [6.45, 7) is 0. The molecule has 0 saturated heterocycles. The van der Waals surface area contributed by atoms with E-state index in [9.17, 15) is 4.79 Å². The molecule has 4 nitrogen and oxygen atoms in total. The number of hydrogen-bond donors (Lipinski definition) is 2. The minimum absolute atomic E-state index is 0.469. The number of rotatable bonds is 4. The van der Waals surface area contributed by atoms with Gasteiger partial charge in [0.2, 0.25) is 0 Å². The Morgan fingerprint density at radius 1 is 1.47 bits per heavy atom. The average molecular weight is 230 g/mol. The summed E-state index contributed by atoms with van der Waals surface area (Å²) in [6, 6.07) is 9.11. The Labute approximate surface area is 99.3 Å². The van der Waals surface area contributed by atoms with Gasteiger partial charge in [-0.05, 0) is 37.2 Å². The third-order valence-electron chi connectivity index (χ3n) is 2.75. The van der Waals surface area contributed by atoms with Gasteiger partial charge in [0.25, 0.3) is 0 Å². The van der Waals surface area contributed by atoms with Crippen molar-refractivity contribution in [2.75, 3.05) is 7.05 Å². The maximum Gasteiger partial charge on any atom is 0.321 e. The molecular weight excluding hydrogens is 216 g/mol. The molecular formula is C13H14N2O2. The predicted molar refractivity (Wildman–Crippen MR) is 65.9 cm³/mol. The lowest BCUT2D eigenvalue weighted by Crippen LogP contribution is -2.35. The van der Waals surface area contributed by atoms with Crippen LogP contribution in [0.2, 0.25) is 0 Å². The number of carbonyl (C=O) groups is 1. The van der Waals surface area contributed by atoms with E-state index >= 15 is 0 Å². The molecule has 0 amide bonds. The molecule has 88 valence electrons. The molecule has 1 aromatic carbocycles. The van der Waals surface area contributed by atoms with Crippen molar-refractivity contribution in [1.29, 1.82) is 0 Å². The van der Waals surface area contributed by atoms with E-state index in [0.717, 1.165) is 16.5 Å². The van der Waals surface area contributed by atoms with Crippen LogP contribution in [0, 0.1) is 0 Å². The Kier molecular flexibility index (Phi) is 3.35. The van der Waals surface area contributed by atoms with Crippen molar-refractivity contribution in [3.05, 3.63) is 42.1 Å². The molecule has 1 atom stereocenters. The highest BCUT2D eigenvalue weighted by Crippen LogP contribution is 2.14. The van der Waals surface area contributed by atoms with Crippen LogP contribution in [0.3, 0.4) is 0 Å². The SMILES string of the molecule is CN[C@@H](Cc1ccc2ncccc2c1)C(=O)O. The molecule has 0 spiro atoms. The molecule has 2 aromatic rings. The molecule has 0 saturated carbocycles. The van der Waals surface area contributed by atoms with Crippen LogP contribution >= 0.6 is 0 Å². The molecule has 0 unspecified atom stereocenters. The Balaban J connectivity index is 2.27. The number of benzene rings is 1. The zero-order valence-electron chi connectivity index (χ0n) is 9.55. The van der Waals surface area contributed by atoms with Crippen molar-refractivity contribution in [2.24, 2.45) is 0 Å². The fourth-order valence-corrected chi connectivity index (χ4v) is 1.80. The predicted octanol–water partition coefficient (Wildman–Crippen LogP) is 1.45. The van der Waals surface area contributed by atoms with Gasteiger partial charge in [0.15, 0.2) is 0 Å². The molecule has 4 heteroatoms. The summed E-state index contributed by atoms with van der Waals surface area (Å²) in [5.74, 6) is -0.834. The molecule has 2 rings (SSSR count). The molecule has 0 aliphatic heterocycles. The van der Waals surface area contributed by atoms with Gasteiger partial charge in [0.05, 0.1) is 5.52 Å². The Morgan fingerprint density at radius 3 is 3.00 bits per heavy atom. The fourth-order valence-electron chi connectivity index (χ4n) is 1.80. The van der Waals surface area contributed by atoms with E-state index in [1.807, 2.05) is 30.3 Å². The second-order valence-electron chi connectivity index (χ2n) is 3.91. The second kappa shape index (κ2) is 4.93. The van der Waals surface area contributed by atoms with Gasteiger partial charge in [0.1, 0.15) is 6.04 Å². The molecule has 0 aliphatic rings. The van der Waals surface area contributed by atoms with Gasteiger partial charge < -0.3 is 10.4 Å². The minimum atomic E-state index is -0.834. The highest BCUT2D eigenvalue weighted by atomic mass is 16.4. The summed E-state index contributed by atoms with van der Waals surface area (Å²) >= 11 is 0. The third kappa shape index (κ3) is 2.60. The molecule has 2 N–H and O–H groups in total. The number of aliphatic carboxylic acids is 1. The number of hydrogen-bond acceptors (Lipinski definition) is 3. The number of nitrogens with one attached hydrogen (secondary N) is 1. The third-order valence-corrected chi connectivity index (χ3v) is 2.75. The lowest BCUT2D eigenvalue weighted by Gasteiger charge is -2.11. The zero-order chi connectivity index (χ0) is 12.3. The van der Waals surface area contributed by atoms with E-state index in [1.165, 1.54) is 0 Å². The first kappa shape index (κ1) is 11.5. The normalized spacial score (nSPS) is 12.5. The van der Waals surface area contributed by atoms with Crippen molar-refractivity contribution in [1.82, 2.24) is 10.3 Å². The number of carboxylic acid groups (broad SMARTS) is 1. The van der Waals surface area contributed by atoms with Gasteiger partial charge in [-0.3, -0.25) is 9.78 Å². The first-order chi connectivity index (χ1) is 8.20. The van der Waals surface area contributed by atoms with Crippen LogP contribution in [0.25, 0.3) is 10.9 Å². The molecule has 17 heavy (non-hydrogen) atoms. The Morgan fingerprint density at radius 2 is 2.29 bits per heavy atom. The van der Waals surface area contributed by atoms with Crippen LogP contribution in [0.4, 0.5) is 0 Å². The van der Waals surface area contributed by atoms with Crippen LogP contribution in [0.1, 0.15) is 5.56 Å². The molecule has 0 fully saturated rings. The summed E-state index contributed by atoms with van der Waals surface area (Å²) < 4.78 is 0. The summed E-state index contributed by atoms with van der Waals surface area (Å²) in [7, 11) is 1.65. The van der Waals surface area contributed by atoms with Gasteiger partial charge >= 0.3 is 5.97 Å². The summed E-state index contributed by atoms with van der Waals surface area (Å²) in [4.78, 5) is 15.1. The van der Waals surface area contributed by atoms with Crippen molar-refractivity contribution in [2.45, 2.75) is 12.5 Å². The number of likely N-dealkylation sites (N-methyl/N-ethyl adjacent to an activating group) is 1. The smallest absolute Gasteiger partial charge is 0.321 e. The molecule has 0 bridgehead atoms. The number of pyridine rings is 1. The molecule has 1 aromatic heterocycles. The van der Waals surface area contributed by atoms with Crippen molar-refractivity contribution < 1.29 is 9.90 Å². The van der Waals surface area contributed by atoms with Crippen molar-refractivity contribution in [3.8, 4) is 0 Å². The van der Waals surface area contributed by atoms with Crippen molar-refractivity contribution >= 4 is 16.9 Å². The minimum Gasteiger partial charge on any atom is -0.480 e. The second-order valence-corrected chi connectivity index (χ2v) is 3.91. The first-order valence-electron chi connectivity index (χ1n) is 5.44. The lowest BCUT2D eigenvalue weighted by atomic mass is 10.0. The van der Waals surface area contributed by atoms with E-state index in [2.05, 4.69) is 10.3 Å². The van der Waals surface area contributed by atoms with E-state index < -0.39 is 12.0 Å². The maximum absolute atomic E-state index is 10.9. The summed E-state index contributed by atoms with van der Waals surface area (Å²) in [6.07, 6.45) is 2.21. The van der Waals surface area contributed by atoms with E-state index in [-0.39, 0.29) is 0 Å². The molecule has 0 radical (unpaired) electrons. The van der Waals surface area contributed by atoms with Crippen LogP contribution in [0.15, 0.2) is 36.5 Å². The Hall–Kier alpha value is -1.94. The topological polar surface area (TPSA) is 62.2 Å². The van der Waals surface area contributed by atoms with Crippen LogP contribution in [-0.4, -0.2) is 29.1 Å². The Bertz CT molecular complexity index is 540. The maximum atomic E-state index is 10.9. The highest BCUT2D eigenvalue weighted by molar-refractivity contribution is 5.79. The summed E-state index contributed by atoms with van der Waals surface area (Å²) in [5, 5.41) is 12.8. The van der Waals surface area contributed by atoms with Gasteiger partial charge in [0, 0.05) is 11.6 Å². The van der Waals surface area contributed by atoms with Crippen LogP contribution in [-0.2, 0) is 11.2 Å². The van der Waals surface area contributed by atoms with Gasteiger partial charge in [-0.25, -0.2) is 0 Å². The average Bonchev–Trinajstić information content (AvgIpc) is 2.35. The van der Waals surface area contributed by atoms with Crippen molar-refractivity contribution in [3.63, 3.8) is 0 Å². The fraction of sp³-hybridized carbons (Fsp3) is 0.231. The van der Waals surface area contributed by atoms with E-state index in [4.69, 9.17) is 5.11 Å².